The average Bonchev–Trinajstić information content (AvgIpc) is 2.55. The molecule has 0 saturated heterocycles. The number of nitrogens with one attached hydrogen (secondary N) is 1. The van der Waals surface area contributed by atoms with E-state index in [4.69, 9.17) is 0 Å². The van der Waals surface area contributed by atoms with Crippen molar-refractivity contribution in [1.29, 1.82) is 0 Å². The van der Waals surface area contributed by atoms with Crippen molar-refractivity contribution in [2.75, 3.05) is 5.32 Å². The van der Waals surface area contributed by atoms with E-state index in [1.165, 1.54) is 25.3 Å². The van der Waals surface area contributed by atoms with Crippen molar-refractivity contribution in [3.8, 4) is 0 Å². The Kier molecular flexibility index (Phi) is 5.64. The molecule has 1 heterocycles. The molecule has 0 radical (unpaired) electrons. The van der Waals surface area contributed by atoms with Crippen molar-refractivity contribution in [1.82, 2.24) is 4.98 Å². The zero-order valence-electron chi connectivity index (χ0n) is 13.1. The molecule has 0 aliphatic heterocycles. The van der Waals surface area contributed by atoms with Crippen LogP contribution >= 0.6 is 11.8 Å². The molecule has 7 nitrogen and oxygen atoms in total. The minimum Gasteiger partial charge on any atom is -0.325 e. The Labute approximate surface area is 142 Å². The largest absolute Gasteiger partial charge is 0.325 e. The molecule has 24 heavy (non-hydrogen) atoms. The first-order chi connectivity index (χ1) is 11.4. The second-order valence-electron chi connectivity index (χ2n) is 4.97. The molecule has 8 heteroatoms. The first-order valence-electron chi connectivity index (χ1n) is 7.06. The lowest BCUT2D eigenvalue weighted by molar-refractivity contribution is -0.388. The number of pyridine rings is 1. The molecule has 0 spiro atoms. The van der Waals surface area contributed by atoms with Gasteiger partial charge in [0, 0.05) is 23.5 Å². The standard InChI is InChI=1S/C16H15N3O4S/c1-10(20)12-5-7-13(8-6-12)18-15(21)11(2)24-16-14(19(22)23)4-3-9-17-16/h3-9,11H,1-2H3,(H,18,21)/t11-/m0/s1. The number of hydrogen-bond donors (Lipinski definition) is 1. The second kappa shape index (κ2) is 7.69. The van der Waals surface area contributed by atoms with Crippen molar-refractivity contribution in [2.24, 2.45) is 0 Å². The van der Waals surface area contributed by atoms with E-state index < -0.39 is 10.2 Å². The molecule has 2 rings (SSSR count). The van der Waals surface area contributed by atoms with Gasteiger partial charge >= 0.3 is 5.69 Å². The van der Waals surface area contributed by atoms with Crippen LogP contribution in [-0.2, 0) is 4.79 Å². The van der Waals surface area contributed by atoms with Gasteiger partial charge in [0.25, 0.3) is 0 Å². The van der Waals surface area contributed by atoms with Gasteiger partial charge in [-0.05, 0) is 44.2 Å². The van der Waals surface area contributed by atoms with Gasteiger partial charge in [-0.15, -0.1) is 0 Å². The van der Waals surface area contributed by atoms with Crippen LogP contribution in [-0.4, -0.2) is 26.8 Å². The van der Waals surface area contributed by atoms with Crippen LogP contribution in [0.3, 0.4) is 0 Å². The number of aromatic nitrogens is 1. The summed E-state index contributed by atoms with van der Waals surface area (Å²) in [5.74, 6) is -0.366. The van der Waals surface area contributed by atoms with Crippen LogP contribution in [0.25, 0.3) is 0 Å². The molecule has 0 aliphatic rings. The summed E-state index contributed by atoms with van der Waals surface area (Å²) >= 11 is 1.01. The van der Waals surface area contributed by atoms with Crippen LogP contribution in [0.15, 0.2) is 47.6 Å². The zero-order valence-corrected chi connectivity index (χ0v) is 13.9. The van der Waals surface area contributed by atoms with Crippen molar-refractivity contribution in [3.63, 3.8) is 0 Å². The van der Waals surface area contributed by atoms with Gasteiger partial charge < -0.3 is 5.32 Å². The summed E-state index contributed by atoms with van der Waals surface area (Å²) < 4.78 is 0. The monoisotopic (exact) mass is 345 g/mol. The summed E-state index contributed by atoms with van der Waals surface area (Å²) in [6, 6.07) is 9.34. The van der Waals surface area contributed by atoms with Crippen LogP contribution in [0.4, 0.5) is 11.4 Å². The number of benzene rings is 1. The second-order valence-corrected chi connectivity index (χ2v) is 6.30. The maximum absolute atomic E-state index is 12.2. The lowest BCUT2D eigenvalue weighted by Crippen LogP contribution is -2.22. The van der Waals surface area contributed by atoms with Crippen molar-refractivity contribution >= 4 is 34.8 Å². The van der Waals surface area contributed by atoms with Crippen LogP contribution in [0, 0.1) is 10.1 Å². The minimum absolute atomic E-state index is 0.0562. The Morgan fingerprint density at radius 1 is 1.25 bits per heavy atom. The maximum Gasteiger partial charge on any atom is 0.301 e. The Balaban J connectivity index is 2.05. The number of amides is 1. The molecule has 0 aliphatic carbocycles. The van der Waals surface area contributed by atoms with E-state index in [9.17, 15) is 19.7 Å². The Morgan fingerprint density at radius 3 is 2.50 bits per heavy atom. The van der Waals surface area contributed by atoms with Gasteiger partial charge in [-0.3, -0.25) is 19.7 Å². The van der Waals surface area contributed by atoms with E-state index in [0.29, 0.717) is 11.3 Å². The maximum atomic E-state index is 12.2. The predicted molar refractivity (Wildman–Crippen MR) is 91.3 cm³/mol. The summed E-state index contributed by atoms with van der Waals surface area (Å²) in [6.45, 7) is 3.11. The van der Waals surface area contributed by atoms with Crippen LogP contribution in [0.2, 0.25) is 0 Å². The molecule has 124 valence electrons. The fraction of sp³-hybridized carbons (Fsp3) is 0.188. The van der Waals surface area contributed by atoms with Crippen LogP contribution in [0.1, 0.15) is 24.2 Å². The van der Waals surface area contributed by atoms with E-state index in [0.717, 1.165) is 11.8 Å². The summed E-state index contributed by atoms with van der Waals surface area (Å²) in [5.41, 5.74) is 0.973. The Morgan fingerprint density at radius 2 is 1.92 bits per heavy atom. The number of anilines is 1. The van der Waals surface area contributed by atoms with Gasteiger partial charge in [-0.25, -0.2) is 4.98 Å². The summed E-state index contributed by atoms with van der Waals surface area (Å²) in [5, 5.41) is 13.3. The van der Waals surface area contributed by atoms with Crippen molar-refractivity contribution in [3.05, 3.63) is 58.3 Å². The average molecular weight is 345 g/mol. The Bertz CT molecular complexity index is 777. The third-order valence-corrected chi connectivity index (χ3v) is 4.27. The SMILES string of the molecule is CC(=O)c1ccc(NC(=O)[C@H](C)Sc2ncccc2[N+](=O)[O-])cc1. The molecule has 0 saturated carbocycles. The van der Waals surface area contributed by atoms with Crippen molar-refractivity contribution in [2.45, 2.75) is 24.1 Å². The van der Waals surface area contributed by atoms with Gasteiger partial charge in [0.1, 0.15) is 0 Å². The molecule has 0 bridgehead atoms. The van der Waals surface area contributed by atoms with Gasteiger partial charge in [-0.1, -0.05) is 11.8 Å². The molecule has 1 aromatic carbocycles. The number of carbonyl (C=O) groups excluding carboxylic acids is 2. The number of carbonyl (C=O) groups is 2. The summed E-state index contributed by atoms with van der Waals surface area (Å²) in [7, 11) is 0. The van der Waals surface area contributed by atoms with Crippen LogP contribution in [0.5, 0.6) is 0 Å². The van der Waals surface area contributed by atoms with Gasteiger partial charge in [0.2, 0.25) is 5.91 Å². The lowest BCUT2D eigenvalue weighted by Gasteiger charge is -2.11. The number of hydrogen-bond acceptors (Lipinski definition) is 6. The highest BCUT2D eigenvalue weighted by molar-refractivity contribution is 8.00. The highest BCUT2D eigenvalue weighted by Crippen LogP contribution is 2.30. The first-order valence-corrected chi connectivity index (χ1v) is 7.94. The fourth-order valence-electron chi connectivity index (χ4n) is 1.87. The fourth-order valence-corrected chi connectivity index (χ4v) is 2.75. The van der Waals surface area contributed by atoms with E-state index in [1.54, 1.807) is 31.2 Å². The lowest BCUT2D eigenvalue weighted by atomic mass is 10.1. The third kappa shape index (κ3) is 4.39. The van der Waals surface area contributed by atoms with E-state index >= 15 is 0 Å². The molecular formula is C16H15N3O4S. The smallest absolute Gasteiger partial charge is 0.301 e. The molecule has 1 aromatic heterocycles. The molecule has 1 amide bonds. The number of nitrogens with zero attached hydrogens (tertiary/aromatic N) is 2. The number of thioether (sulfide) groups is 1. The summed E-state index contributed by atoms with van der Waals surface area (Å²) in [4.78, 5) is 37.9. The number of Topliss-reactive ketones (excluding diaryl/α,β-unsaturated/α-hetero) is 1. The number of ketones is 1. The van der Waals surface area contributed by atoms with Crippen LogP contribution < -0.4 is 5.32 Å². The predicted octanol–water partition coefficient (Wildman–Crippen LogP) is 3.31. The molecule has 1 atom stereocenters. The van der Waals surface area contributed by atoms with E-state index in [1.807, 2.05) is 0 Å². The highest BCUT2D eigenvalue weighted by Gasteiger charge is 2.21. The number of rotatable bonds is 6. The van der Waals surface area contributed by atoms with E-state index in [2.05, 4.69) is 10.3 Å². The van der Waals surface area contributed by atoms with Gasteiger partial charge in [-0.2, -0.15) is 0 Å². The first kappa shape index (κ1) is 17.6. The topological polar surface area (TPSA) is 102 Å². The zero-order chi connectivity index (χ0) is 17.7. The molecular weight excluding hydrogens is 330 g/mol. The molecule has 1 N–H and O–H groups in total. The quantitative estimate of drug-likeness (QED) is 0.373. The summed E-state index contributed by atoms with van der Waals surface area (Å²) in [6.07, 6.45) is 1.44. The number of nitro groups is 1. The van der Waals surface area contributed by atoms with Crippen molar-refractivity contribution < 1.29 is 14.5 Å². The third-order valence-electron chi connectivity index (χ3n) is 3.16. The molecule has 2 aromatic rings. The van der Waals surface area contributed by atoms with Gasteiger partial charge in [0.15, 0.2) is 10.8 Å². The molecule has 0 unspecified atom stereocenters. The van der Waals surface area contributed by atoms with E-state index in [-0.39, 0.29) is 22.4 Å². The normalized spacial score (nSPS) is 11.6. The van der Waals surface area contributed by atoms with Gasteiger partial charge in [0.05, 0.1) is 10.2 Å². The molecule has 0 fully saturated rings. The minimum atomic E-state index is -0.578. The highest BCUT2D eigenvalue weighted by atomic mass is 32.2. The Hall–Kier alpha value is -2.74.